The van der Waals surface area contributed by atoms with E-state index in [0.717, 1.165) is 4.57 Å². The lowest BCUT2D eigenvalue weighted by Crippen LogP contribution is -2.32. The number of fused-ring (bicyclic) bond motifs is 1. The van der Waals surface area contributed by atoms with Crippen molar-refractivity contribution in [2.24, 2.45) is 0 Å². The second-order valence-corrected chi connectivity index (χ2v) is 8.81. The number of nitrogens with zero attached hydrogens (tertiary/aromatic N) is 6. The van der Waals surface area contributed by atoms with Gasteiger partial charge in [0.1, 0.15) is 6.54 Å². The summed E-state index contributed by atoms with van der Waals surface area (Å²) < 4.78 is 52.7. The summed E-state index contributed by atoms with van der Waals surface area (Å²) in [4.78, 5) is 27.3. The number of hydrogen-bond donors (Lipinski definition) is 1. The van der Waals surface area contributed by atoms with Crippen LogP contribution in [0.25, 0.3) is 22.4 Å². The van der Waals surface area contributed by atoms with Crippen LogP contribution in [-0.4, -0.2) is 55.2 Å². The maximum atomic E-state index is 13.3. The van der Waals surface area contributed by atoms with Crippen LogP contribution in [0.4, 0.5) is 18.9 Å². The fourth-order valence-electron chi connectivity index (χ4n) is 3.84. The molecule has 0 fully saturated rings. The summed E-state index contributed by atoms with van der Waals surface area (Å²) in [5, 5.41) is 21.9. The van der Waals surface area contributed by atoms with Gasteiger partial charge >= 0.3 is 6.18 Å². The summed E-state index contributed by atoms with van der Waals surface area (Å²) in [5.41, 5.74) is -0.705. The predicted octanol–water partition coefficient (Wildman–Crippen LogP) is 3.67. The van der Waals surface area contributed by atoms with Crippen LogP contribution >= 0.6 is 0 Å². The van der Waals surface area contributed by atoms with Crippen LogP contribution < -0.4 is 5.32 Å². The van der Waals surface area contributed by atoms with Gasteiger partial charge in [0.15, 0.2) is 0 Å². The molecule has 12 nitrogen and oxygen atoms in total. The van der Waals surface area contributed by atoms with Crippen molar-refractivity contribution in [1.29, 1.82) is 0 Å². The standard InChI is InChI=1S/C22H22F3N7O5/c1-21(2,12-36-3)31-10-13(8-27-31)20(33)26-9-18-28-19(29-37-18)17-7-14-15(30(17)11-22(23,24)25)5-4-6-16(14)32(34)35/h4-8,10H,9,11-12H2,1-3H3,(H,26,33). The van der Waals surface area contributed by atoms with E-state index in [0.29, 0.717) is 6.61 Å². The average molecular weight is 521 g/mol. The van der Waals surface area contributed by atoms with Gasteiger partial charge in [0.25, 0.3) is 11.6 Å². The van der Waals surface area contributed by atoms with E-state index in [1.165, 1.54) is 30.5 Å². The van der Waals surface area contributed by atoms with Crippen LogP contribution in [0.1, 0.15) is 30.1 Å². The van der Waals surface area contributed by atoms with E-state index in [-0.39, 0.29) is 46.1 Å². The molecule has 0 aliphatic heterocycles. The molecule has 0 bridgehead atoms. The van der Waals surface area contributed by atoms with Gasteiger partial charge in [-0.25, -0.2) is 0 Å². The molecule has 3 heterocycles. The molecular formula is C22H22F3N7O5. The van der Waals surface area contributed by atoms with E-state index in [1.807, 2.05) is 13.8 Å². The maximum absolute atomic E-state index is 13.3. The smallest absolute Gasteiger partial charge is 0.382 e. The van der Waals surface area contributed by atoms with Gasteiger partial charge in [-0.15, -0.1) is 0 Å². The Kier molecular flexibility index (Phi) is 6.73. The van der Waals surface area contributed by atoms with Crippen molar-refractivity contribution in [1.82, 2.24) is 29.8 Å². The molecule has 0 unspecified atom stereocenters. The number of nitrogens with one attached hydrogen (secondary N) is 1. The molecule has 1 aromatic carbocycles. The van der Waals surface area contributed by atoms with Crippen molar-refractivity contribution in [2.75, 3.05) is 13.7 Å². The zero-order valence-corrected chi connectivity index (χ0v) is 19.9. The molecule has 3 aromatic heterocycles. The van der Waals surface area contributed by atoms with Crippen LogP contribution in [0.5, 0.6) is 0 Å². The van der Waals surface area contributed by atoms with Crippen molar-refractivity contribution >= 4 is 22.5 Å². The first kappa shape index (κ1) is 25.8. The SMILES string of the molecule is COCC(C)(C)n1cc(C(=O)NCc2nc(-c3cc4c([N+](=O)[O-])cccc4n3CC(F)(F)F)no2)cn1. The largest absolute Gasteiger partial charge is 0.406 e. The van der Waals surface area contributed by atoms with Crippen LogP contribution in [0.3, 0.4) is 0 Å². The van der Waals surface area contributed by atoms with E-state index in [9.17, 15) is 28.1 Å². The molecule has 4 aromatic rings. The number of carbonyl (C=O) groups excluding carboxylic acids is 1. The number of aromatic nitrogens is 5. The normalized spacial score (nSPS) is 12.3. The number of halogens is 3. The lowest BCUT2D eigenvalue weighted by atomic mass is 10.1. The highest BCUT2D eigenvalue weighted by Crippen LogP contribution is 2.34. The van der Waals surface area contributed by atoms with Crippen molar-refractivity contribution < 1.29 is 32.1 Å². The molecule has 0 radical (unpaired) electrons. The van der Waals surface area contributed by atoms with Crippen molar-refractivity contribution in [3.63, 3.8) is 0 Å². The first-order valence-electron chi connectivity index (χ1n) is 10.9. The van der Waals surface area contributed by atoms with Gasteiger partial charge in [-0.05, 0) is 26.0 Å². The molecule has 0 saturated carbocycles. The second kappa shape index (κ2) is 9.65. The van der Waals surface area contributed by atoms with Crippen LogP contribution in [0.15, 0.2) is 41.2 Å². The Hall–Kier alpha value is -4.27. The summed E-state index contributed by atoms with van der Waals surface area (Å²) in [5.74, 6) is -0.775. The number of carbonyl (C=O) groups is 1. The molecule has 0 aliphatic carbocycles. The lowest BCUT2D eigenvalue weighted by Gasteiger charge is -2.24. The van der Waals surface area contributed by atoms with Gasteiger partial charge in [-0.2, -0.15) is 23.3 Å². The number of amides is 1. The molecule has 196 valence electrons. The Morgan fingerprint density at radius 1 is 1.30 bits per heavy atom. The van der Waals surface area contributed by atoms with E-state index >= 15 is 0 Å². The number of benzene rings is 1. The van der Waals surface area contributed by atoms with E-state index in [2.05, 4.69) is 20.6 Å². The van der Waals surface area contributed by atoms with Crippen molar-refractivity contribution in [3.8, 4) is 11.5 Å². The Bertz CT molecular complexity index is 1450. The number of hydrogen-bond acceptors (Lipinski definition) is 8. The van der Waals surface area contributed by atoms with E-state index in [4.69, 9.17) is 9.26 Å². The zero-order valence-electron chi connectivity index (χ0n) is 19.9. The maximum Gasteiger partial charge on any atom is 0.406 e. The Balaban J connectivity index is 1.57. The highest BCUT2D eigenvalue weighted by Gasteiger charge is 2.32. The van der Waals surface area contributed by atoms with Gasteiger partial charge in [0, 0.05) is 19.4 Å². The number of non-ortho nitro benzene ring substituents is 1. The van der Waals surface area contributed by atoms with Crippen molar-refractivity contribution in [2.45, 2.75) is 38.7 Å². The summed E-state index contributed by atoms with van der Waals surface area (Å²) in [6.45, 7) is 2.51. The lowest BCUT2D eigenvalue weighted by molar-refractivity contribution is -0.383. The number of rotatable bonds is 9. The Morgan fingerprint density at radius 2 is 2.05 bits per heavy atom. The Labute approximate surface area is 207 Å². The van der Waals surface area contributed by atoms with E-state index < -0.39 is 29.1 Å². The molecule has 15 heteroatoms. The minimum Gasteiger partial charge on any atom is -0.382 e. The predicted molar refractivity (Wildman–Crippen MR) is 123 cm³/mol. The molecule has 0 spiro atoms. The molecule has 1 N–H and O–H groups in total. The number of methoxy groups -OCH3 is 1. The minimum absolute atomic E-state index is 0.000174. The molecule has 1 amide bonds. The molecular weight excluding hydrogens is 499 g/mol. The summed E-state index contributed by atoms with van der Waals surface area (Å²) >= 11 is 0. The Morgan fingerprint density at radius 3 is 2.73 bits per heavy atom. The summed E-state index contributed by atoms with van der Waals surface area (Å²) in [6.07, 6.45) is -1.68. The number of nitro benzene ring substituents is 1. The molecule has 0 aliphatic rings. The number of nitro groups is 1. The molecule has 0 saturated heterocycles. The second-order valence-electron chi connectivity index (χ2n) is 8.81. The third-order valence-electron chi connectivity index (χ3n) is 5.52. The average Bonchev–Trinajstić information content (AvgIpc) is 3.55. The van der Waals surface area contributed by atoms with Crippen LogP contribution in [-0.2, 0) is 23.4 Å². The third-order valence-corrected chi connectivity index (χ3v) is 5.52. The van der Waals surface area contributed by atoms with Gasteiger partial charge < -0.3 is 19.1 Å². The number of alkyl halides is 3. The van der Waals surface area contributed by atoms with Gasteiger partial charge in [0.2, 0.25) is 11.7 Å². The monoisotopic (exact) mass is 521 g/mol. The summed E-state index contributed by atoms with van der Waals surface area (Å²) in [6, 6.07) is 5.04. The highest BCUT2D eigenvalue weighted by molar-refractivity contribution is 5.94. The highest BCUT2D eigenvalue weighted by atomic mass is 19.4. The topological polar surface area (TPSA) is 143 Å². The number of ether oxygens (including phenoxy) is 1. The van der Waals surface area contributed by atoms with Gasteiger partial charge in [0.05, 0.1) is 52.0 Å². The fourth-order valence-corrected chi connectivity index (χ4v) is 3.84. The minimum atomic E-state index is -4.62. The fraction of sp³-hybridized carbons (Fsp3) is 0.364. The summed E-state index contributed by atoms with van der Waals surface area (Å²) in [7, 11) is 1.56. The van der Waals surface area contributed by atoms with Gasteiger partial charge in [-0.3, -0.25) is 19.6 Å². The molecule has 37 heavy (non-hydrogen) atoms. The van der Waals surface area contributed by atoms with Gasteiger partial charge in [-0.1, -0.05) is 11.2 Å². The first-order chi connectivity index (χ1) is 17.4. The van der Waals surface area contributed by atoms with Crippen LogP contribution in [0, 0.1) is 10.1 Å². The first-order valence-corrected chi connectivity index (χ1v) is 10.9. The zero-order chi connectivity index (χ0) is 27.0. The molecule has 4 rings (SSSR count). The molecule has 0 atom stereocenters. The quantitative estimate of drug-likeness (QED) is 0.260. The van der Waals surface area contributed by atoms with Crippen molar-refractivity contribution in [3.05, 3.63) is 58.2 Å². The van der Waals surface area contributed by atoms with Crippen LogP contribution in [0.2, 0.25) is 0 Å². The van der Waals surface area contributed by atoms with E-state index in [1.54, 1.807) is 18.0 Å². The third kappa shape index (κ3) is 5.45.